The van der Waals surface area contributed by atoms with Crippen molar-refractivity contribution < 1.29 is 4.79 Å². The van der Waals surface area contributed by atoms with Crippen LogP contribution in [0.15, 0.2) is 0 Å². The fourth-order valence-electron chi connectivity index (χ4n) is 5.48. The standard InChI is InChI=1S/C20H36N8O/c21-7-5-14-11-24-19-17(18(22)26-28(19)13-14)20(29)25-15-12-23-8-6-16(15)27-9-3-1-2-4-10-27/h14-19,23-24,26H,1-6,8-13,22H2,(H,25,29). The third kappa shape index (κ3) is 4.74. The number of nitriles is 1. The van der Waals surface area contributed by atoms with E-state index >= 15 is 0 Å². The summed E-state index contributed by atoms with van der Waals surface area (Å²) in [6.07, 6.45) is 6.20. The van der Waals surface area contributed by atoms with Crippen LogP contribution in [0.3, 0.4) is 0 Å². The van der Waals surface area contributed by atoms with Crippen molar-refractivity contribution in [2.75, 3.05) is 39.3 Å². The Morgan fingerprint density at radius 3 is 2.76 bits per heavy atom. The molecule has 4 fully saturated rings. The predicted molar refractivity (Wildman–Crippen MR) is 110 cm³/mol. The van der Waals surface area contributed by atoms with Crippen LogP contribution in [0.25, 0.3) is 0 Å². The number of hydrazine groups is 1. The van der Waals surface area contributed by atoms with Gasteiger partial charge >= 0.3 is 0 Å². The van der Waals surface area contributed by atoms with E-state index in [9.17, 15) is 4.79 Å². The molecule has 4 aliphatic rings. The number of carbonyl (C=O) groups excluding carboxylic acids is 1. The molecular weight excluding hydrogens is 368 g/mol. The zero-order valence-electron chi connectivity index (χ0n) is 17.3. The number of hydrogen-bond donors (Lipinski definition) is 5. The molecule has 29 heavy (non-hydrogen) atoms. The Morgan fingerprint density at radius 1 is 1.21 bits per heavy atom. The van der Waals surface area contributed by atoms with Gasteiger partial charge in [-0.2, -0.15) is 5.26 Å². The average molecular weight is 405 g/mol. The lowest BCUT2D eigenvalue weighted by atomic mass is 9.95. The summed E-state index contributed by atoms with van der Waals surface area (Å²) in [7, 11) is 0. The van der Waals surface area contributed by atoms with Gasteiger partial charge in [-0.15, -0.1) is 0 Å². The lowest BCUT2D eigenvalue weighted by Gasteiger charge is -2.41. The van der Waals surface area contributed by atoms with Crippen molar-refractivity contribution in [2.45, 2.75) is 62.9 Å². The first-order valence-corrected chi connectivity index (χ1v) is 11.3. The summed E-state index contributed by atoms with van der Waals surface area (Å²) < 4.78 is 0. The van der Waals surface area contributed by atoms with Crippen molar-refractivity contribution in [3.8, 4) is 6.07 Å². The minimum Gasteiger partial charge on any atom is -0.350 e. The van der Waals surface area contributed by atoms with Crippen molar-refractivity contribution >= 4 is 5.91 Å². The molecule has 0 spiro atoms. The molecule has 0 bridgehead atoms. The third-order valence-electron chi connectivity index (χ3n) is 7.01. The van der Waals surface area contributed by atoms with Crippen LogP contribution in [0, 0.1) is 23.2 Å². The third-order valence-corrected chi connectivity index (χ3v) is 7.01. The molecule has 6 atom stereocenters. The number of fused-ring (bicyclic) bond motifs is 1. The Bertz CT molecular complexity index is 602. The number of likely N-dealkylation sites (tertiary alicyclic amines) is 1. The first kappa shape index (κ1) is 21.0. The summed E-state index contributed by atoms with van der Waals surface area (Å²) >= 11 is 0. The van der Waals surface area contributed by atoms with Gasteiger partial charge in [0.2, 0.25) is 5.91 Å². The van der Waals surface area contributed by atoms with Crippen LogP contribution in [0.2, 0.25) is 0 Å². The first-order chi connectivity index (χ1) is 14.2. The van der Waals surface area contributed by atoms with E-state index in [1.807, 2.05) is 5.01 Å². The molecule has 4 saturated heterocycles. The number of amides is 1. The second-order valence-corrected chi connectivity index (χ2v) is 9.04. The van der Waals surface area contributed by atoms with E-state index in [1.165, 1.54) is 25.7 Å². The van der Waals surface area contributed by atoms with Gasteiger partial charge in [-0.1, -0.05) is 12.8 Å². The van der Waals surface area contributed by atoms with E-state index < -0.39 is 6.17 Å². The molecule has 4 aliphatic heterocycles. The SMILES string of the molecule is N#CCC1CNC2C(C(=O)NC3CNCCC3N3CCCCCC3)C(N)NN2C1. The van der Waals surface area contributed by atoms with Gasteiger partial charge in [0.05, 0.1) is 30.4 Å². The molecular formula is C20H36N8O. The van der Waals surface area contributed by atoms with Gasteiger partial charge in [0.25, 0.3) is 0 Å². The van der Waals surface area contributed by atoms with Crippen LogP contribution < -0.4 is 27.1 Å². The Morgan fingerprint density at radius 2 is 2.00 bits per heavy atom. The summed E-state index contributed by atoms with van der Waals surface area (Å²) in [5.74, 6) is -0.0604. The summed E-state index contributed by atoms with van der Waals surface area (Å²) in [6.45, 7) is 5.59. The van der Waals surface area contributed by atoms with E-state index in [0.717, 1.165) is 45.7 Å². The number of carbonyl (C=O) groups is 1. The van der Waals surface area contributed by atoms with Crippen LogP contribution >= 0.6 is 0 Å². The molecule has 0 saturated carbocycles. The monoisotopic (exact) mass is 404 g/mol. The molecule has 6 N–H and O–H groups in total. The van der Waals surface area contributed by atoms with Crippen LogP contribution in [0.5, 0.6) is 0 Å². The van der Waals surface area contributed by atoms with Crippen LogP contribution in [-0.2, 0) is 4.79 Å². The van der Waals surface area contributed by atoms with Gasteiger partial charge in [0.1, 0.15) is 0 Å². The molecule has 9 nitrogen and oxygen atoms in total. The Balaban J connectivity index is 1.39. The van der Waals surface area contributed by atoms with Gasteiger partial charge < -0.3 is 16.4 Å². The fourth-order valence-corrected chi connectivity index (χ4v) is 5.48. The van der Waals surface area contributed by atoms with Crippen molar-refractivity contribution in [2.24, 2.45) is 17.6 Å². The topological polar surface area (TPSA) is 121 Å². The predicted octanol–water partition coefficient (Wildman–Crippen LogP) is -1.11. The number of rotatable bonds is 4. The first-order valence-electron chi connectivity index (χ1n) is 11.3. The van der Waals surface area contributed by atoms with Crippen molar-refractivity contribution in [1.82, 2.24) is 31.3 Å². The fraction of sp³-hybridized carbons (Fsp3) is 0.900. The Hall–Kier alpha value is -1.28. The smallest absolute Gasteiger partial charge is 0.229 e. The minimum atomic E-state index is -0.415. The summed E-state index contributed by atoms with van der Waals surface area (Å²) in [4.78, 5) is 15.9. The molecule has 162 valence electrons. The molecule has 0 aromatic heterocycles. The molecule has 1 amide bonds. The largest absolute Gasteiger partial charge is 0.350 e. The van der Waals surface area contributed by atoms with E-state index in [0.29, 0.717) is 12.5 Å². The zero-order chi connectivity index (χ0) is 20.2. The molecule has 6 unspecified atom stereocenters. The highest BCUT2D eigenvalue weighted by Gasteiger charge is 2.47. The van der Waals surface area contributed by atoms with E-state index in [1.54, 1.807) is 0 Å². The highest BCUT2D eigenvalue weighted by molar-refractivity contribution is 5.81. The van der Waals surface area contributed by atoms with E-state index in [2.05, 4.69) is 32.3 Å². The minimum absolute atomic E-state index is 0.0252. The second kappa shape index (κ2) is 9.69. The van der Waals surface area contributed by atoms with Crippen molar-refractivity contribution in [3.63, 3.8) is 0 Å². The summed E-state index contributed by atoms with van der Waals surface area (Å²) in [6, 6.07) is 2.76. The van der Waals surface area contributed by atoms with Crippen LogP contribution in [0.1, 0.15) is 38.5 Å². The number of nitrogens with two attached hydrogens (primary N) is 1. The zero-order valence-corrected chi connectivity index (χ0v) is 17.3. The number of nitrogens with zero attached hydrogens (tertiary/aromatic N) is 3. The van der Waals surface area contributed by atoms with Crippen LogP contribution in [-0.4, -0.2) is 79.5 Å². The molecule has 0 aliphatic carbocycles. The van der Waals surface area contributed by atoms with Crippen molar-refractivity contribution in [1.29, 1.82) is 5.26 Å². The average Bonchev–Trinajstić information content (AvgIpc) is 2.87. The van der Waals surface area contributed by atoms with E-state index in [4.69, 9.17) is 11.0 Å². The summed E-state index contributed by atoms with van der Waals surface area (Å²) in [5, 5.41) is 21.2. The van der Waals surface area contributed by atoms with Gasteiger partial charge in [-0.3, -0.25) is 15.0 Å². The van der Waals surface area contributed by atoms with Gasteiger partial charge in [-0.05, 0) is 44.8 Å². The molecule has 9 heteroatoms. The molecule has 0 radical (unpaired) electrons. The van der Waals surface area contributed by atoms with Gasteiger partial charge in [-0.25, -0.2) is 10.4 Å². The maximum absolute atomic E-state index is 13.3. The number of nitrogens with one attached hydrogen (secondary N) is 4. The van der Waals surface area contributed by atoms with Crippen LogP contribution in [0.4, 0.5) is 0 Å². The van der Waals surface area contributed by atoms with Gasteiger partial charge in [0, 0.05) is 32.1 Å². The Labute approximate surface area is 173 Å². The molecule has 4 rings (SSSR count). The normalized spacial score (nSPS) is 39.3. The maximum Gasteiger partial charge on any atom is 0.229 e. The second-order valence-electron chi connectivity index (χ2n) is 9.04. The van der Waals surface area contributed by atoms with Crippen molar-refractivity contribution in [3.05, 3.63) is 0 Å². The number of hydrogen-bond acceptors (Lipinski definition) is 8. The molecule has 0 aromatic carbocycles. The maximum atomic E-state index is 13.3. The molecule has 4 heterocycles. The lowest BCUT2D eigenvalue weighted by molar-refractivity contribution is -0.128. The molecule has 0 aromatic rings. The summed E-state index contributed by atoms with van der Waals surface area (Å²) in [5.41, 5.74) is 9.57. The highest BCUT2D eigenvalue weighted by atomic mass is 16.2. The lowest BCUT2D eigenvalue weighted by Crippen LogP contribution is -2.63. The Kier molecular flexibility index (Phi) is 7.00. The van der Waals surface area contributed by atoms with E-state index in [-0.39, 0.29) is 30.0 Å². The highest BCUT2D eigenvalue weighted by Crippen LogP contribution is 2.25. The number of piperidine rings is 1. The van der Waals surface area contributed by atoms with Gasteiger partial charge in [0.15, 0.2) is 0 Å². The quantitative estimate of drug-likeness (QED) is 0.400.